The van der Waals surface area contributed by atoms with E-state index in [9.17, 15) is 9.59 Å². The van der Waals surface area contributed by atoms with Crippen LogP contribution in [0.15, 0.2) is 28.6 Å². The molecule has 1 aromatic rings. The van der Waals surface area contributed by atoms with Crippen LogP contribution >= 0.6 is 27.3 Å². The number of carbonyl (C=O) groups is 2. The first kappa shape index (κ1) is 19.1. The molecule has 0 aromatic carbocycles. The van der Waals surface area contributed by atoms with Gasteiger partial charge in [-0.2, -0.15) is 0 Å². The standard InChI is InChI=1S/C16H22BrN3O3S/c1-2-15(21)18-11-16(22)20(12-14-13(17)3-10-24-14)5-4-19-6-8-23-9-7-19/h2-3,10H,1,4-9,11-12H2,(H,18,21). The summed E-state index contributed by atoms with van der Waals surface area (Å²) in [6.07, 6.45) is 1.17. The van der Waals surface area contributed by atoms with Crippen LogP contribution in [0.25, 0.3) is 0 Å². The van der Waals surface area contributed by atoms with E-state index in [1.165, 1.54) is 6.08 Å². The molecule has 0 atom stereocenters. The average molecular weight is 416 g/mol. The van der Waals surface area contributed by atoms with Crippen LogP contribution in [0.1, 0.15) is 4.88 Å². The lowest BCUT2D eigenvalue weighted by Crippen LogP contribution is -2.45. The Balaban J connectivity index is 1.94. The highest BCUT2D eigenvalue weighted by atomic mass is 79.9. The fraction of sp³-hybridized carbons (Fsp3) is 0.500. The van der Waals surface area contributed by atoms with Gasteiger partial charge in [-0.05, 0) is 33.5 Å². The van der Waals surface area contributed by atoms with Crippen molar-refractivity contribution < 1.29 is 14.3 Å². The molecular weight excluding hydrogens is 394 g/mol. The minimum atomic E-state index is -0.339. The van der Waals surface area contributed by atoms with Gasteiger partial charge in [0.05, 0.1) is 26.3 Å². The topological polar surface area (TPSA) is 61.9 Å². The van der Waals surface area contributed by atoms with Gasteiger partial charge >= 0.3 is 0 Å². The molecule has 1 N–H and O–H groups in total. The van der Waals surface area contributed by atoms with Crippen molar-refractivity contribution in [2.45, 2.75) is 6.54 Å². The van der Waals surface area contributed by atoms with Gasteiger partial charge in [0.2, 0.25) is 11.8 Å². The Morgan fingerprint density at radius 1 is 1.46 bits per heavy atom. The molecule has 1 fully saturated rings. The van der Waals surface area contributed by atoms with Crippen molar-refractivity contribution in [2.75, 3.05) is 45.9 Å². The van der Waals surface area contributed by atoms with Gasteiger partial charge in [-0.3, -0.25) is 14.5 Å². The minimum absolute atomic E-state index is 0.0169. The molecule has 0 saturated carbocycles. The summed E-state index contributed by atoms with van der Waals surface area (Å²) < 4.78 is 6.35. The summed E-state index contributed by atoms with van der Waals surface area (Å²) in [7, 11) is 0. The molecule has 132 valence electrons. The van der Waals surface area contributed by atoms with Crippen molar-refractivity contribution in [3.8, 4) is 0 Å². The number of rotatable bonds is 8. The van der Waals surface area contributed by atoms with Gasteiger partial charge in [0.15, 0.2) is 0 Å². The summed E-state index contributed by atoms with van der Waals surface area (Å²) in [5, 5.41) is 4.54. The van der Waals surface area contributed by atoms with E-state index < -0.39 is 0 Å². The minimum Gasteiger partial charge on any atom is -0.379 e. The van der Waals surface area contributed by atoms with Gasteiger partial charge < -0.3 is 15.0 Å². The van der Waals surface area contributed by atoms with Crippen molar-refractivity contribution >= 4 is 39.1 Å². The van der Waals surface area contributed by atoms with E-state index in [2.05, 4.69) is 32.7 Å². The monoisotopic (exact) mass is 415 g/mol. The second-order valence-electron chi connectivity index (χ2n) is 5.38. The van der Waals surface area contributed by atoms with Crippen LogP contribution in [0.4, 0.5) is 0 Å². The Labute approximate surface area is 154 Å². The summed E-state index contributed by atoms with van der Waals surface area (Å²) in [4.78, 5) is 29.0. The molecule has 2 heterocycles. The molecule has 6 nitrogen and oxygen atoms in total. The quantitative estimate of drug-likeness (QED) is 0.653. The van der Waals surface area contributed by atoms with Crippen LogP contribution in [0, 0.1) is 0 Å². The van der Waals surface area contributed by atoms with Crippen LogP contribution in [0.5, 0.6) is 0 Å². The van der Waals surface area contributed by atoms with Crippen LogP contribution in [-0.4, -0.2) is 67.6 Å². The smallest absolute Gasteiger partial charge is 0.243 e. The third kappa shape index (κ3) is 6.01. The number of hydrogen-bond donors (Lipinski definition) is 1. The second-order valence-corrected chi connectivity index (χ2v) is 7.24. The van der Waals surface area contributed by atoms with Gasteiger partial charge in [0.25, 0.3) is 0 Å². The molecule has 0 bridgehead atoms. The Morgan fingerprint density at radius 3 is 2.83 bits per heavy atom. The van der Waals surface area contributed by atoms with Crippen molar-refractivity contribution in [1.29, 1.82) is 0 Å². The first-order valence-electron chi connectivity index (χ1n) is 7.80. The molecule has 1 aliphatic heterocycles. The maximum Gasteiger partial charge on any atom is 0.243 e. The van der Waals surface area contributed by atoms with E-state index in [0.29, 0.717) is 13.1 Å². The number of morpholine rings is 1. The molecule has 8 heteroatoms. The van der Waals surface area contributed by atoms with Crippen molar-refractivity contribution in [3.05, 3.63) is 33.5 Å². The van der Waals surface area contributed by atoms with E-state index >= 15 is 0 Å². The number of nitrogens with one attached hydrogen (secondary N) is 1. The molecule has 24 heavy (non-hydrogen) atoms. The summed E-state index contributed by atoms with van der Waals surface area (Å²) >= 11 is 5.12. The van der Waals surface area contributed by atoms with Crippen LogP contribution in [0.3, 0.4) is 0 Å². The lowest BCUT2D eigenvalue weighted by atomic mass is 10.3. The number of thiophene rings is 1. The van der Waals surface area contributed by atoms with Crippen LogP contribution in [-0.2, 0) is 20.9 Å². The number of amides is 2. The van der Waals surface area contributed by atoms with Crippen molar-refractivity contribution in [2.24, 2.45) is 0 Å². The zero-order valence-corrected chi connectivity index (χ0v) is 15.9. The Bertz CT molecular complexity index is 573. The van der Waals surface area contributed by atoms with Gasteiger partial charge in [-0.15, -0.1) is 11.3 Å². The highest BCUT2D eigenvalue weighted by Crippen LogP contribution is 2.24. The predicted octanol–water partition coefficient (Wildman–Crippen LogP) is 1.47. The summed E-state index contributed by atoms with van der Waals surface area (Å²) in [5.41, 5.74) is 0. The molecule has 0 spiro atoms. The highest BCUT2D eigenvalue weighted by Gasteiger charge is 2.18. The van der Waals surface area contributed by atoms with Gasteiger partial charge in [0.1, 0.15) is 0 Å². The first-order chi connectivity index (χ1) is 11.6. The number of carbonyl (C=O) groups excluding carboxylic acids is 2. The third-order valence-corrected chi connectivity index (χ3v) is 5.68. The summed E-state index contributed by atoms with van der Waals surface area (Å²) in [6.45, 7) is 8.57. The zero-order chi connectivity index (χ0) is 17.4. The normalized spacial score (nSPS) is 15.0. The molecule has 0 aliphatic carbocycles. The fourth-order valence-corrected chi connectivity index (χ4v) is 3.83. The third-order valence-electron chi connectivity index (χ3n) is 3.77. The van der Waals surface area contributed by atoms with Crippen molar-refractivity contribution in [3.63, 3.8) is 0 Å². The molecule has 1 aliphatic rings. The lowest BCUT2D eigenvalue weighted by molar-refractivity contribution is -0.132. The maximum atomic E-state index is 12.5. The Morgan fingerprint density at radius 2 is 2.21 bits per heavy atom. The van der Waals surface area contributed by atoms with E-state index in [0.717, 1.165) is 42.2 Å². The maximum absolute atomic E-state index is 12.5. The fourth-order valence-electron chi connectivity index (χ4n) is 2.34. The van der Waals surface area contributed by atoms with Gasteiger partial charge in [-0.1, -0.05) is 6.58 Å². The zero-order valence-electron chi connectivity index (χ0n) is 13.5. The van der Waals surface area contributed by atoms with E-state index in [1.807, 2.05) is 11.4 Å². The SMILES string of the molecule is C=CC(=O)NCC(=O)N(CCN1CCOCC1)Cc1sccc1Br. The van der Waals surface area contributed by atoms with Crippen molar-refractivity contribution in [1.82, 2.24) is 15.1 Å². The summed E-state index contributed by atoms with van der Waals surface area (Å²) in [6, 6.07) is 1.98. The number of halogens is 1. The molecule has 2 amide bonds. The molecule has 0 unspecified atom stereocenters. The van der Waals surface area contributed by atoms with Crippen LogP contribution < -0.4 is 5.32 Å². The Hall–Kier alpha value is -1.22. The highest BCUT2D eigenvalue weighted by molar-refractivity contribution is 9.10. The number of hydrogen-bond acceptors (Lipinski definition) is 5. The lowest BCUT2D eigenvalue weighted by Gasteiger charge is -2.30. The predicted molar refractivity (Wildman–Crippen MR) is 97.9 cm³/mol. The van der Waals surface area contributed by atoms with E-state index in [-0.39, 0.29) is 18.4 Å². The molecular formula is C16H22BrN3O3S. The molecule has 1 aromatic heterocycles. The van der Waals surface area contributed by atoms with Gasteiger partial charge in [-0.25, -0.2) is 0 Å². The van der Waals surface area contributed by atoms with E-state index in [1.54, 1.807) is 16.2 Å². The largest absolute Gasteiger partial charge is 0.379 e. The average Bonchev–Trinajstić information content (AvgIpc) is 3.01. The first-order valence-corrected chi connectivity index (χ1v) is 9.47. The molecule has 2 rings (SSSR count). The number of nitrogens with zero attached hydrogens (tertiary/aromatic N) is 2. The van der Waals surface area contributed by atoms with Crippen LogP contribution in [0.2, 0.25) is 0 Å². The second kappa shape index (κ2) is 9.93. The number of ether oxygens (including phenoxy) is 1. The Kier molecular flexibility index (Phi) is 7.90. The van der Waals surface area contributed by atoms with Gasteiger partial charge in [0, 0.05) is 35.5 Å². The summed E-state index contributed by atoms with van der Waals surface area (Å²) in [5.74, 6) is -0.437. The molecule has 0 radical (unpaired) electrons. The molecule has 1 saturated heterocycles. The van der Waals surface area contributed by atoms with E-state index in [4.69, 9.17) is 4.74 Å².